The van der Waals surface area contributed by atoms with Crippen LogP contribution in [0.3, 0.4) is 0 Å². The van der Waals surface area contributed by atoms with Gasteiger partial charge in [-0.2, -0.15) is 0 Å². The highest BCUT2D eigenvalue weighted by Gasteiger charge is 2.44. The lowest BCUT2D eigenvalue weighted by Gasteiger charge is -2.39. The smallest absolute Gasteiger partial charge is 0.305 e. The number of hydrogen-bond acceptors (Lipinski definition) is 9. The molecular weight excluding hydrogens is 492 g/mol. The first-order valence-corrected chi connectivity index (χ1v) is 13.4. The van der Waals surface area contributed by atoms with Crippen molar-refractivity contribution in [2.24, 2.45) is 0 Å². The molecule has 0 aromatic rings. The SMILES string of the molecule is CC/C=C\C/C=C\C/C=C\C/C=C\C/C=C\CCCC(=O)OCC(O)COC1OC(CO)C(O)C(O)C1O. The molecular formula is C29H46O9. The van der Waals surface area contributed by atoms with Crippen LogP contribution in [0.5, 0.6) is 0 Å². The summed E-state index contributed by atoms with van der Waals surface area (Å²) in [6, 6.07) is 0. The number of esters is 1. The van der Waals surface area contributed by atoms with Crippen LogP contribution < -0.4 is 0 Å². The fourth-order valence-electron chi connectivity index (χ4n) is 3.45. The number of aliphatic hydroxyl groups excluding tert-OH is 5. The molecule has 1 heterocycles. The first-order valence-electron chi connectivity index (χ1n) is 13.4. The molecule has 1 saturated heterocycles. The maximum absolute atomic E-state index is 11.9. The van der Waals surface area contributed by atoms with Gasteiger partial charge in [-0.15, -0.1) is 0 Å². The van der Waals surface area contributed by atoms with Gasteiger partial charge in [0.05, 0.1) is 13.2 Å². The van der Waals surface area contributed by atoms with Crippen molar-refractivity contribution in [3.63, 3.8) is 0 Å². The van der Waals surface area contributed by atoms with Crippen LogP contribution in [0.4, 0.5) is 0 Å². The Hall–Kier alpha value is -2.11. The largest absolute Gasteiger partial charge is 0.463 e. The molecule has 1 fully saturated rings. The maximum atomic E-state index is 11.9. The average molecular weight is 539 g/mol. The van der Waals surface area contributed by atoms with Crippen molar-refractivity contribution >= 4 is 5.97 Å². The summed E-state index contributed by atoms with van der Waals surface area (Å²) in [4.78, 5) is 11.9. The summed E-state index contributed by atoms with van der Waals surface area (Å²) in [5.74, 6) is -0.441. The molecule has 0 aromatic carbocycles. The molecule has 1 rings (SSSR count). The molecule has 6 atom stereocenters. The van der Waals surface area contributed by atoms with E-state index in [-0.39, 0.29) is 19.6 Å². The van der Waals surface area contributed by atoms with Crippen molar-refractivity contribution in [3.05, 3.63) is 60.8 Å². The molecule has 6 unspecified atom stereocenters. The third kappa shape index (κ3) is 15.3. The van der Waals surface area contributed by atoms with E-state index in [0.717, 1.165) is 38.5 Å². The standard InChI is InChI=1S/C29H46O9/c1-2-3-4-5-6-7-8-9-10-11-12-13-14-15-16-17-18-19-25(32)36-21-23(31)22-37-29-28(35)27(34)26(33)24(20-30)38-29/h3-4,6-7,9-10,12-13,15-16,23-24,26-31,33-35H,2,5,8,11,14,17-22H2,1H3/b4-3-,7-6-,10-9-,13-12-,16-15-. The van der Waals surface area contributed by atoms with Crippen LogP contribution in [0.25, 0.3) is 0 Å². The first kappa shape index (κ1) is 33.9. The third-order valence-electron chi connectivity index (χ3n) is 5.65. The Balaban J connectivity index is 2.06. The van der Waals surface area contributed by atoms with E-state index in [0.29, 0.717) is 6.42 Å². The fraction of sp³-hybridized carbons (Fsp3) is 0.621. The van der Waals surface area contributed by atoms with Gasteiger partial charge in [0.15, 0.2) is 6.29 Å². The van der Waals surface area contributed by atoms with Crippen LogP contribution in [0.2, 0.25) is 0 Å². The molecule has 9 nitrogen and oxygen atoms in total. The summed E-state index contributed by atoms with van der Waals surface area (Å²) >= 11 is 0. The predicted molar refractivity (Wildman–Crippen MR) is 145 cm³/mol. The summed E-state index contributed by atoms with van der Waals surface area (Å²) in [5, 5.41) is 48.5. The summed E-state index contributed by atoms with van der Waals surface area (Å²) < 4.78 is 15.4. The van der Waals surface area contributed by atoms with Gasteiger partial charge in [-0.3, -0.25) is 4.79 Å². The first-order chi connectivity index (χ1) is 18.4. The molecule has 5 N–H and O–H groups in total. The average Bonchev–Trinajstić information content (AvgIpc) is 2.92. The number of ether oxygens (including phenoxy) is 3. The number of allylic oxidation sites excluding steroid dienone is 10. The molecule has 0 aliphatic carbocycles. The molecule has 38 heavy (non-hydrogen) atoms. The van der Waals surface area contributed by atoms with Crippen molar-refractivity contribution in [2.75, 3.05) is 19.8 Å². The van der Waals surface area contributed by atoms with Gasteiger partial charge in [0.1, 0.15) is 37.1 Å². The van der Waals surface area contributed by atoms with Gasteiger partial charge in [-0.25, -0.2) is 0 Å². The highest BCUT2D eigenvalue weighted by atomic mass is 16.7. The van der Waals surface area contributed by atoms with Crippen molar-refractivity contribution in [2.45, 2.75) is 95.1 Å². The third-order valence-corrected chi connectivity index (χ3v) is 5.65. The van der Waals surface area contributed by atoms with E-state index in [9.17, 15) is 25.2 Å². The monoisotopic (exact) mass is 538 g/mol. The molecule has 1 aliphatic rings. The summed E-state index contributed by atoms with van der Waals surface area (Å²) in [6.07, 6.45) is 19.4. The topological polar surface area (TPSA) is 146 Å². The van der Waals surface area contributed by atoms with E-state index in [1.807, 2.05) is 6.08 Å². The minimum absolute atomic E-state index is 0.217. The number of carbonyl (C=O) groups is 1. The Morgan fingerprint density at radius 1 is 0.816 bits per heavy atom. The molecule has 0 amide bonds. The molecule has 216 valence electrons. The van der Waals surface area contributed by atoms with Crippen LogP contribution in [-0.2, 0) is 19.0 Å². The van der Waals surface area contributed by atoms with E-state index in [2.05, 4.69) is 61.6 Å². The number of rotatable bonds is 19. The zero-order chi connectivity index (χ0) is 28.0. The van der Waals surface area contributed by atoms with Crippen LogP contribution >= 0.6 is 0 Å². The van der Waals surface area contributed by atoms with Gasteiger partial charge in [-0.05, 0) is 44.9 Å². The highest BCUT2D eigenvalue weighted by molar-refractivity contribution is 5.69. The minimum atomic E-state index is -1.57. The van der Waals surface area contributed by atoms with Crippen molar-refractivity contribution in [1.29, 1.82) is 0 Å². The maximum Gasteiger partial charge on any atom is 0.305 e. The minimum Gasteiger partial charge on any atom is -0.463 e. The highest BCUT2D eigenvalue weighted by Crippen LogP contribution is 2.22. The quantitative estimate of drug-likeness (QED) is 0.0951. The van der Waals surface area contributed by atoms with Crippen LogP contribution in [0.1, 0.15) is 58.3 Å². The molecule has 0 radical (unpaired) electrons. The predicted octanol–water partition coefficient (Wildman–Crippen LogP) is 2.63. The Kier molecular flexibility index (Phi) is 19.4. The van der Waals surface area contributed by atoms with Crippen LogP contribution in [0.15, 0.2) is 60.8 Å². The van der Waals surface area contributed by atoms with E-state index in [4.69, 9.17) is 19.3 Å². The Morgan fingerprint density at radius 3 is 1.92 bits per heavy atom. The van der Waals surface area contributed by atoms with Crippen molar-refractivity contribution in [1.82, 2.24) is 0 Å². The van der Waals surface area contributed by atoms with Gasteiger partial charge >= 0.3 is 5.97 Å². The molecule has 9 heteroatoms. The van der Waals surface area contributed by atoms with Gasteiger partial charge in [-0.1, -0.05) is 67.7 Å². The summed E-state index contributed by atoms with van der Waals surface area (Å²) in [6.45, 7) is 0.918. The van der Waals surface area contributed by atoms with Crippen LogP contribution in [0, 0.1) is 0 Å². The van der Waals surface area contributed by atoms with Gasteiger partial charge in [0.25, 0.3) is 0 Å². The Morgan fingerprint density at radius 2 is 1.37 bits per heavy atom. The number of unbranched alkanes of at least 4 members (excludes halogenated alkanes) is 1. The van der Waals surface area contributed by atoms with E-state index in [1.54, 1.807) is 0 Å². The zero-order valence-corrected chi connectivity index (χ0v) is 22.4. The lowest BCUT2D eigenvalue weighted by molar-refractivity contribution is -0.305. The van der Waals surface area contributed by atoms with Crippen molar-refractivity contribution < 1.29 is 44.5 Å². The number of hydrogen-bond donors (Lipinski definition) is 5. The number of carbonyl (C=O) groups excluding carboxylic acids is 1. The second-order valence-electron chi connectivity index (χ2n) is 8.97. The van der Waals surface area contributed by atoms with Gasteiger partial charge < -0.3 is 39.7 Å². The molecule has 0 aromatic heterocycles. The van der Waals surface area contributed by atoms with E-state index in [1.165, 1.54) is 0 Å². The van der Waals surface area contributed by atoms with E-state index < -0.39 is 49.4 Å². The van der Waals surface area contributed by atoms with Crippen molar-refractivity contribution in [3.8, 4) is 0 Å². The lowest BCUT2D eigenvalue weighted by atomic mass is 9.99. The lowest BCUT2D eigenvalue weighted by Crippen LogP contribution is -2.59. The Labute approximate surface area is 226 Å². The fourth-order valence-corrected chi connectivity index (χ4v) is 3.45. The Bertz CT molecular complexity index is 757. The van der Waals surface area contributed by atoms with Crippen LogP contribution in [-0.4, -0.2) is 88.1 Å². The molecule has 0 saturated carbocycles. The normalized spacial score (nSPS) is 25.5. The summed E-state index contributed by atoms with van der Waals surface area (Å²) in [7, 11) is 0. The summed E-state index contributed by atoms with van der Waals surface area (Å²) in [5.41, 5.74) is 0. The van der Waals surface area contributed by atoms with E-state index >= 15 is 0 Å². The van der Waals surface area contributed by atoms with Gasteiger partial charge in [0.2, 0.25) is 0 Å². The molecule has 0 spiro atoms. The second kappa shape index (κ2) is 21.8. The van der Waals surface area contributed by atoms with Gasteiger partial charge in [0, 0.05) is 6.42 Å². The molecule has 0 bridgehead atoms. The molecule has 1 aliphatic heterocycles. The number of aliphatic hydroxyl groups is 5. The zero-order valence-electron chi connectivity index (χ0n) is 22.4. The second-order valence-corrected chi connectivity index (χ2v) is 8.97.